The molecule has 2 N–H and O–H groups in total. The monoisotopic (exact) mass is 246 g/mol. The van der Waals surface area contributed by atoms with Gasteiger partial charge >= 0.3 is 0 Å². The molecular weight excluding hydrogens is 228 g/mol. The van der Waals surface area contributed by atoms with Crippen molar-refractivity contribution >= 4 is 22.7 Å². The summed E-state index contributed by atoms with van der Waals surface area (Å²) in [5.74, 6) is 0.959. The number of hydrogen-bond donors (Lipinski definition) is 1. The highest BCUT2D eigenvalue weighted by Gasteiger charge is 2.07. The van der Waals surface area contributed by atoms with Gasteiger partial charge in [-0.15, -0.1) is 11.8 Å². The summed E-state index contributed by atoms with van der Waals surface area (Å²) in [5, 5.41) is 1.31. The molecule has 3 heteroatoms. The summed E-state index contributed by atoms with van der Waals surface area (Å²) in [6.07, 6.45) is 2.21. The first-order valence-electron chi connectivity index (χ1n) is 5.77. The van der Waals surface area contributed by atoms with Gasteiger partial charge in [-0.2, -0.15) is 0 Å². The van der Waals surface area contributed by atoms with Crippen molar-refractivity contribution in [1.82, 2.24) is 4.57 Å². The van der Waals surface area contributed by atoms with Crippen LogP contribution in [0.1, 0.15) is 6.92 Å². The number of allylic oxidation sites excluding steroid dienone is 1. The van der Waals surface area contributed by atoms with Crippen molar-refractivity contribution < 1.29 is 0 Å². The van der Waals surface area contributed by atoms with Gasteiger partial charge < -0.3 is 10.3 Å². The van der Waals surface area contributed by atoms with E-state index in [1.807, 2.05) is 11.8 Å². The topological polar surface area (TPSA) is 30.9 Å². The molecule has 0 amide bonds. The second-order valence-electron chi connectivity index (χ2n) is 4.23. The first-order chi connectivity index (χ1) is 8.22. The summed E-state index contributed by atoms with van der Waals surface area (Å²) in [6, 6.07) is 8.49. The van der Waals surface area contributed by atoms with Gasteiger partial charge in [-0.05, 0) is 13.0 Å². The van der Waals surface area contributed by atoms with E-state index in [0.29, 0.717) is 6.54 Å². The van der Waals surface area contributed by atoms with Crippen LogP contribution in [0.3, 0.4) is 0 Å². The first-order valence-corrected chi connectivity index (χ1v) is 6.76. The van der Waals surface area contributed by atoms with E-state index in [1.165, 1.54) is 21.4 Å². The molecule has 0 spiro atoms. The molecule has 2 aromatic rings. The number of benzene rings is 1. The maximum Gasteiger partial charge on any atom is 0.0495 e. The zero-order valence-corrected chi connectivity index (χ0v) is 11.0. The highest BCUT2D eigenvalue weighted by atomic mass is 32.2. The van der Waals surface area contributed by atoms with Crippen molar-refractivity contribution in [2.75, 3.05) is 12.3 Å². The summed E-state index contributed by atoms with van der Waals surface area (Å²) in [4.78, 5) is 1.31. The van der Waals surface area contributed by atoms with Crippen LogP contribution in [0, 0.1) is 0 Å². The molecular formula is C14H18N2S. The Kier molecular flexibility index (Phi) is 3.92. The lowest BCUT2D eigenvalue weighted by atomic mass is 10.2. The summed E-state index contributed by atoms with van der Waals surface area (Å²) >= 11 is 1.82. The Morgan fingerprint density at radius 2 is 2.18 bits per heavy atom. The molecule has 0 aliphatic rings. The fourth-order valence-corrected chi connectivity index (χ4v) is 2.79. The summed E-state index contributed by atoms with van der Waals surface area (Å²) in [7, 11) is 0. The second-order valence-corrected chi connectivity index (χ2v) is 5.37. The van der Waals surface area contributed by atoms with Crippen LogP contribution in [-0.2, 0) is 6.54 Å². The number of thioether (sulfide) groups is 1. The fourth-order valence-electron chi connectivity index (χ4n) is 1.92. The Hall–Kier alpha value is -1.19. The maximum atomic E-state index is 5.57. The molecule has 0 radical (unpaired) electrons. The van der Waals surface area contributed by atoms with E-state index in [-0.39, 0.29) is 0 Å². The second kappa shape index (κ2) is 5.43. The molecule has 0 saturated heterocycles. The molecule has 2 nitrogen and oxygen atoms in total. The van der Waals surface area contributed by atoms with Gasteiger partial charge in [-0.25, -0.2) is 0 Å². The minimum atomic E-state index is 0.713. The third-order valence-electron chi connectivity index (χ3n) is 2.57. The van der Waals surface area contributed by atoms with Gasteiger partial charge in [0.05, 0.1) is 0 Å². The van der Waals surface area contributed by atoms with Crippen molar-refractivity contribution in [3.05, 3.63) is 42.6 Å². The first kappa shape index (κ1) is 12.3. The molecule has 17 heavy (non-hydrogen) atoms. The highest BCUT2D eigenvalue weighted by molar-refractivity contribution is 7.99. The molecule has 2 rings (SSSR count). The molecule has 0 unspecified atom stereocenters. The number of para-hydroxylation sites is 1. The highest BCUT2D eigenvalue weighted by Crippen LogP contribution is 2.30. The average Bonchev–Trinajstić information content (AvgIpc) is 2.65. The largest absolute Gasteiger partial charge is 0.342 e. The van der Waals surface area contributed by atoms with Gasteiger partial charge in [0.1, 0.15) is 0 Å². The molecule has 0 aliphatic heterocycles. The zero-order chi connectivity index (χ0) is 12.3. The number of rotatable bonds is 5. The molecule has 0 saturated carbocycles. The summed E-state index contributed by atoms with van der Waals surface area (Å²) in [6.45, 7) is 7.63. The van der Waals surface area contributed by atoms with Crippen LogP contribution in [-0.4, -0.2) is 16.9 Å². The van der Waals surface area contributed by atoms with Gasteiger partial charge in [0.25, 0.3) is 0 Å². The van der Waals surface area contributed by atoms with Gasteiger partial charge in [-0.3, -0.25) is 0 Å². The van der Waals surface area contributed by atoms with Gasteiger partial charge in [0, 0.05) is 40.8 Å². The molecule has 0 aliphatic carbocycles. The van der Waals surface area contributed by atoms with Crippen molar-refractivity contribution in [2.24, 2.45) is 5.73 Å². The minimum Gasteiger partial charge on any atom is -0.342 e. The lowest BCUT2D eigenvalue weighted by molar-refractivity contribution is 0.816. The van der Waals surface area contributed by atoms with E-state index in [2.05, 4.69) is 48.5 Å². The predicted octanol–water partition coefficient (Wildman–Crippen LogP) is 3.27. The Balaban J connectivity index is 2.42. The smallest absolute Gasteiger partial charge is 0.0495 e. The molecule has 90 valence electrons. The van der Waals surface area contributed by atoms with Crippen LogP contribution in [0.5, 0.6) is 0 Å². The van der Waals surface area contributed by atoms with Gasteiger partial charge in [-0.1, -0.05) is 30.4 Å². The SMILES string of the molecule is C=C(C)Cn1cc(SCCN)c2ccccc21. The number of fused-ring (bicyclic) bond motifs is 1. The normalized spacial score (nSPS) is 10.9. The molecule has 1 aromatic carbocycles. The van der Waals surface area contributed by atoms with Gasteiger partial charge in [0.15, 0.2) is 0 Å². The van der Waals surface area contributed by atoms with Crippen LogP contribution in [0.4, 0.5) is 0 Å². The number of nitrogens with zero attached hydrogens (tertiary/aromatic N) is 1. The number of aromatic nitrogens is 1. The summed E-state index contributed by atoms with van der Waals surface area (Å²) in [5.41, 5.74) is 8.01. The van der Waals surface area contributed by atoms with E-state index in [4.69, 9.17) is 5.73 Å². The molecule has 1 heterocycles. The molecule has 0 atom stereocenters. The van der Waals surface area contributed by atoms with E-state index in [0.717, 1.165) is 12.3 Å². The van der Waals surface area contributed by atoms with E-state index in [9.17, 15) is 0 Å². The fraction of sp³-hybridized carbons (Fsp3) is 0.286. The number of nitrogens with two attached hydrogens (primary N) is 1. The summed E-state index contributed by atoms with van der Waals surface area (Å²) < 4.78 is 2.26. The van der Waals surface area contributed by atoms with Crippen LogP contribution < -0.4 is 5.73 Å². The minimum absolute atomic E-state index is 0.713. The standard InChI is InChI=1S/C14H18N2S/c1-11(2)9-16-10-14(17-8-7-15)12-5-3-4-6-13(12)16/h3-6,10H,1,7-9,15H2,2H3. The third kappa shape index (κ3) is 2.73. The zero-order valence-electron chi connectivity index (χ0n) is 10.1. The Morgan fingerprint density at radius 1 is 1.41 bits per heavy atom. The molecule has 0 bridgehead atoms. The average molecular weight is 246 g/mol. The number of hydrogen-bond acceptors (Lipinski definition) is 2. The lowest BCUT2D eigenvalue weighted by Gasteiger charge is -2.03. The Morgan fingerprint density at radius 3 is 2.88 bits per heavy atom. The van der Waals surface area contributed by atoms with Crippen LogP contribution in [0.25, 0.3) is 10.9 Å². The van der Waals surface area contributed by atoms with E-state index >= 15 is 0 Å². The van der Waals surface area contributed by atoms with Gasteiger partial charge in [0.2, 0.25) is 0 Å². The van der Waals surface area contributed by atoms with Crippen LogP contribution in [0.15, 0.2) is 47.5 Å². The third-order valence-corrected chi connectivity index (χ3v) is 3.64. The lowest BCUT2D eigenvalue weighted by Crippen LogP contribution is -2.00. The maximum absolute atomic E-state index is 5.57. The Bertz CT molecular complexity index is 528. The van der Waals surface area contributed by atoms with Crippen molar-refractivity contribution in [3.8, 4) is 0 Å². The van der Waals surface area contributed by atoms with E-state index < -0.39 is 0 Å². The van der Waals surface area contributed by atoms with Crippen molar-refractivity contribution in [2.45, 2.75) is 18.4 Å². The van der Waals surface area contributed by atoms with Crippen molar-refractivity contribution in [1.29, 1.82) is 0 Å². The molecule has 1 aromatic heterocycles. The van der Waals surface area contributed by atoms with E-state index in [1.54, 1.807) is 0 Å². The predicted molar refractivity (Wildman–Crippen MR) is 76.5 cm³/mol. The molecule has 0 fully saturated rings. The van der Waals surface area contributed by atoms with Crippen LogP contribution in [0.2, 0.25) is 0 Å². The quantitative estimate of drug-likeness (QED) is 0.648. The van der Waals surface area contributed by atoms with Crippen LogP contribution >= 0.6 is 11.8 Å². The Labute approximate surface area is 106 Å². The van der Waals surface area contributed by atoms with Crippen molar-refractivity contribution in [3.63, 3.8) is 0 Å².